The molecule has 154 valence electrons. The number of aromatic nitrogens is 3. The normalized spacial score (nSPS) is 12.3. The van der Waals surface area contributed by atoms with Crippen molar-refractivity contribution in [3.05, 3.63) is 70.5 Å². The van der Waals surface area contributed by atoms with Gasteiger partial charge in [0.05, 0.1) is 18.4 Å². The molecule has 0 bridgehead atoms. The largest absolute Gasteiger partial charge is 0.493 e. The lowest BCUT2D eigenvalue weighted by Gasteiger charge is -2.22. The number of nitrogens with zero attached hydrogens (tertiary/aromatic N) is 3. The minimum absolute atomic E-state index is 0.000161. The summed E-state index contributed by atoms with van der Waals surface area (Å²) in [6.45, 7) is 6.36. The van der Waals surface area contributed by atoms with Crippen LogP contribution in [0.25, 0.3) is 5.69 Å². The van der Waals surface area contributed by atoms with Crippen molar-refractivity contribution < 1.29 is 18.3 Å². The van der Waals surface area contributed by atoms with Gasteiger partial charge in [-0.1, -0.05) is 20.8 Å². The number of aromatic hydroxyl groups is 1. The van der Waals surface area contributed by atoms with Gasteiger partial charge in [-0.15, -0.1) is 0 Å². The summed E-state index contributed by atoms with van der Waals surface area (Å²) in [5.74, 6) is -0.294. The molecule has 0 aliphatic rings. The van der Waals surface area contributed by atoms with Gasteiger partial charge < -0.3 is 5.11 Å². The van der Waals surface area contributed by atoms with Crippen LogP contribution in [0.15, 0.2) is 58.6 Å². The molecule has 9 heteroatoms. The molecule has 0 atom stereocenters. The Morgan fingerprint density at radius 2 is 1.76 bits per heavy atom. The Morgan fingerprint density at radius 3 is 2.34 bits per heavy atom. The Kier molecular flexibility index (Phi) is 5.53. The van der Waals surface area contributed by atoms with Gasteiger partial charge in [-0.2, -0.15) is 13.2 Å². The van der Waals surface area contributed by atoms with Crippen LogP contribution in [0.4, 0.5) is 13.2 Å². The Morgan fingerprint density at radius 1 is 1.10 bits per heavy atom. The van der Waals surface area contributed by atoms with Gasteiger partial charge in [0.1, 0.15) is 0 Å². The van der Waals surface area contributed by atoms with Crippen LogP contribution in [0.2, 0.25) is 0 Å². The molecule has 5 nitrogen and oxygen atoms in total. The van der Waals surface area contributed by atoms with Gasteiger partial charge in [-0.25, -0.2) is 9.36 Å². The van der Waals surface area contributed by atoms with E-state index in [4.69, 9.17) is 0 Å². The zero-order valence-corrected chi connectivity index (χ0v) is 16.9. The number of benzene rings is 1. The third-order valence-corrected chi connectivity index (χ3v) is 5.07. The van der Waals surface area contributed by atoms with Gasteiger partial charge >= 0.3 is 11.2 Å². The Hall–Kier alpha value is -2.68. The summed E-state index contributed by atoms with van der Waals surface area (Å²) < 4.78 is 39.9. The van der Waals surface area contributed by atoms with Crippen molar-refractivity contribution in [1.82, 2.24) is 14.1 Å². The molecule has 29 heavy (non-hydrogen) atoms. The Labute approximate surface area is 169 Å². The standard InChI is InChI=1S/C20H20F3N3O2S/c1-19(2,3)16-10-24-9-8-13(16)11-25-12-17(27)26(18(25)28)14-4-6-15(7-5-14)29-20(21,22)23/h4-10,12,27H,11H2,1-3H3. The first-order chi connectivity index (χ1) is 13.5. The number of hydrogen-bond acceptors (Lipinski definition) is 4. The average molecular weight is 423 g/mol. The van der Waals surface area contributed by atoms with E-state index in [-0.39, 0.29) is 40.2 Å². The highest BCUT2D eigenvalue weighted by atomic mass is 32.2. The van der Waals surface area contributed by atoms with Gasteiger partial charge in [0, 0.05) is 17.3 Å². The first-order valence-electron chi connectivity index (χ1n) is 8.76. The SMILES string of the molecule is CC(C)(C)c1cnccc1Cn1cc(O)n(-c2ccc(SC(F)(F)F)cc2)c1=O. The van der Waals surface area contributed by atoms with Crippen molar-refractivity contribution in [2.75, 3.05) is 0 Å². The van der Waals surface area contributed by atoms with Crippen LogP contribution in [0.5, 0.6) is 5.88 Å². The average Bonchev–Trinajstić information content (AvgIpc) is 2.88. The number of hydrogen-bond donors (Lipinski definition) is 1. The van der Waals surface area contributed by atoms with Crippen LogP contribution in [0.1, 0.15) is 31.9 Å². The zero-order chi connectivity index (χ0) is 21.4. The second-order valence-corrected chi connectivity index (χ2v) is 8.70. The molecule has 0 saturated carbocycles. The number of rotatable bonds is 4. The van der Waals surface area contributed by atoms with Crippen molar-refractivity contribution in [3.8, 4) is 11.6 Å². The van der Waals surface area contributed by atoms with E-state index in [9.17, 15) is 23.1 Å². The summed E-state index contributed by atoms with van der Waals surface area (Å²) in [5.41, 5.74) is -2.90. The zero-order valence-electron chi connectivity index (χ0n) is 16.1. The van der Waals surface area contributed by atoms with E-state index < -0.39 is 11.2 Å². The maximum Gasteiger partial charge on any atom is 0.446 e. The quantitative estimate of drug-likeness (QED) is 0.618. The van der Waals surface area contributed by atoms with E-state index in [0.717, 1.165) is 15.7 Å². The topological polar surface area (TPSA) is 60.0 Å². The van der Waals surface area contributed by atoms with Gasteiger partial charge in [0.25, 0.3) is 0 Å². The molecule has 2 heterocycles. The molecule has 2 aromatic heterocycles. The second-order valence-electron chi connectivity index (χ2n) is 7.56. The lowest BCUT2D eigenvalue weighted by Crippen LogP contribution is -2.25. The fourth-order valence-corrected chi connectivity index (χ4v) is 3.59. The van der Waals surface area contributed by atoms with Crippen LogP contribution in [0, 0.1) is 0 Å². The van der Waals surface area contributed by atoms with Crippen molar-refractivity contribution in [2.45, 2.75) is 43.1 Å². The van der Waals surface area contributed by atoms with E-state index in [2.05, 4.69) is 4.98 Å². The van der Waals surface area contributed by atoms with E-state index in [0.29, 0.717) is 0 Å². The van der Waals surface area contributed by atoms with Crippen molar-refractivity contribution in [3.63, 3.8) is 0 Å². The van der Waals surface area contributed by atoms with Crippen LogP contribution in [0.3, 0.4) is 0 Å². The lowest BCUT2D eigenvalue weighted by atomic mass is 9.85. The summed E-state index contributed by atoms with van der Waals surface area (Å²) in [4.78, 5) is 17.0. The molecule has 1 N–H and O–H groups in total. The predicted molar refractivity (Wildman–Crippen MR) is 106 cm³/mol. The molecule has 3 aromatic rings. The Balaban J connectivity index is 1.94. The Bertz CT molecular complexity index is 1060. The van der Waals surface area contributed by atoms with E-state index >= 15 is 0 Å². The molecular formula is C20H20F3N3O2S. The number of pyridine rings is 1. The fraction of sp³-hybridized carbons (Fsp3) is 0.300. The summed E-state index contributed by atoms with van der Waals surface area (Å²) in [7, 11) is 0. The van der Waals surface area contributed by atoms with Crippen LogP contribution in [-0.4, -0.2) is 24.7 Å². The molecule has 1 aromatic carbocycles. The fourth-order valence-electron chi connectivity index (χ4n) is 3.05. The van der Waals surface area contributed by atoms with E-state index in [1.165, 1.54) is 35.0 Å². The predicted octanol–water partition coefficient (Wildman–Crippen LogP) is 4.70. The van der Waals surface area contributed by atoms with Gasteiger partial charge in [-0.3, -0.25) is 9.55 Å². The lowest BCUT2D eigenvalue weighted by molar-refractivity contribution is -0.0328. The van der Waals surface area contributed by atoms with Crippen LogP contribution in [-0.2, 0) is 12.0 Å². The summed E-state index contributed by atoms with van der Waals surface area (Å²) in [6, 6.07) is 7.08. The minimum atomic E-state index is -4.39. The van der Waals surface area contributed by atoms with E-state index in [1.807, 2.05) is 26.8 Å². The van der Waals surface area contributed by atoms with Gasteiger partial charge in [0.15, 0.2) is 0 Å². The molecule has 0 radical (unpaired) electrons. The highest BCUT2D eigenvalue weighted by Crippen LogP contribution is 2.37. The molecule has 0 aliphatic carbocycles. The van der Waals surface area contributed by atoms with Crippen LogP contribution < -0.4 is 5.69 Å². The van der Waals surface area contributed by atoms with Crippen molar-refractivity contribution in [2.24, 2.45) is 0 Å². The van der Waals surface area contributed by atoms with E-state index in [1.54, 1.807) is 12.4 Å². The third-order valence-electron chi connectivity index (χ3n) is 4.33. The third kappa shape index (κ3) is 4.84. The smallest absolute Gasteiger partial charge is 0.446 e. The van der Waals surface area contributed by atoms with Gasteiger partial charge in [0.2, 0.25) is 5.88 Å². The first kappa shape index (κ1) is 21.0. The molecular weight excluding hydrogens is 403 g/mol. The minimum Gasteiger partial charge on any atom is -0.493 e. The monoisotopic (exact) mass is 423 g/mol. The molecule has 0 fully saturated rings. The number of alkyl halides is 3. The summed E-state index contributed by atoms with van der Waals surface area (Å²) in [5, 5.41) is 10.3. The summed E-state index contributed by atoms with van der Waals surface area (Å²) >= 11 is -0.237. The van der Waals surface area contributed by atoms with Gasteiger partial charge in [-0.05, 0) is 58.6 Å². The first-order valence-corrected chi connectivity index (χ1v) is 9.58. The molecule has 0 spiro atoms. The number of thioether (sulfide) groups is 1. The number of halogens is 3. The maximum absolute atomic E-state index is 12.8. The van der Waals surface area contributed by atoms with Crippen LogP contribution >= 0.6 is 11.8 Å². The summed E-state index contributed by atoms with van der Waals surface area (Å²) in [6.07, 6.45) is 4.71. The molecule has 0 saturated heterocycles. The van der Waals surface area contributed by atoms with Crippen molar-refractivity contribution >= 4 is 11.8 Å². The molecule has 3 rings (SSSR count). The number of imidazole rings is 1. The molecule has 0 unspecified atom stereocenters. The highest BCUT2D eigenvalue weighted by Gasteiger charge is 2.29. The molecule has 0 aliphatic heterocycles. The second kappa shape index (κ2) is 7.62. The maximum atomic E-state index is 12.8. The molecule has 0 amide bonds. The highest BCUT2D eigenvalue weighted by molar-refractivity contribution is 8.00. The van der Waals surface area contributed by atoms with Crippen molar-refractivity contribution in [1.29, 1.82) is 0 Å².